The van der Waals surface area contributed by atoms with Gasteiger partial charge in [-0.25, -0.2) is 0 Å². The Hall–Kier alpha value is -0.840. The lowest BCUT2D eigenvalue weighted by Crippen LogP contribution is -2.50. The summed E-state index contributed by atoms with van der Waals surface area (Å²) in [5, 5.41) is 3.47. The molecular formula is C15H27N3O. The lowest BCUT2D eigenvalue weighted by atomic mass is 10.1. The van der Waals surface area contributed by atoms with Crippen molar-refractivity contribution in [1.29, 1.82) is 0 Å². The molecule has 0 amide bonds. The highest BCUT2D eigenvalue weighted by molar-refractivity contribution is 5.05. The van der Waals surface area contributed by atoms with Gasteiger partial charge in [0, 0.05) is 38.6 Å². The van der Waals surface area contributed by atoms with Crippen LogP contribution in [-0.2, 0) is 6.42 Å². The summed E-state index contributed by atoms with van der Waals surface area (Å²) < 4.78 is 5.60. The summed E-state index contributed by atoms with van der Waals surface area (Å²) in [6.07, 6.45) is 2.24. The van der Waals surface area contributed by atoms with E-state index in [2.05, 4.69) is 35.3 Å². The van der Waals surface area contributed by atoms with E-state index in [0.29, 0.717) is 6.04 Å². The Balaban J connectivity index is 1.65. The molecule has 1 aliphatic rings. The largest absolute Gasteiger partial charge is 0.466 e. The second kappa shape index (κ2) is 7.08. The fraction of sp³-hybridized carbons (Fsp3) is 0.733. The SMILES string of the molecule is Cc1ccc(CCN(C)CCC2CNCCN2C)o1. The summed E-state index contributed by atoms with van der Waals surface area (Å²) in [5.41, 5.74) is 0. The first-order valence-corrected chi connectivity index (χ1v) is 7.30. The average molecular weight is 265 g/mol. The molecule has 19 heavy (non-hydrogen) atoms. The van der Waals surface area contributed by atoms with Crippen LogP contribution in [0.5, 0.6) is 0 Å². The van der Waals surface area contributed by atoms with E-state index in [9.17, 15) is 0 Å². The average Bonchev–Trinajstić information content (AvgIpc) is 2.81. The molecule has 0 saturated carbocycles. The molecule has 0 aromatic carbocycles. The van der Waals surface area contributed by atoms with E-state index in [0.717, 1.165) is 44.1 Å². The van der Waals surface area contributed by atoms with Gasteiger partial charge in [-0.3, -0.25) is 0 Å². The summed E-state index contributed by atoms with van der Waals surface area (Å²) in [5.74, 6) is 2.10. The maximum atomic E-state index is 5.60. The van der Waals surface area contributed by atoms with Gasteiger partial charge < -0.3 is 19.5 Å². The number of nitrogens with one attached hydrogen (secondary N) is 1. The van der Waals surface area contributed by atoms with E-state index in [1.807, 2.05) is 13.0 Å². The summed E-state index contributed by atoms with van der Waals surface area (Å²) in [7, 11) is 4.43. The molecule has 2 heterocycles. The fourth-order valence-electron chi connectivity index (χ4n) is 2.59. The van der Waals surface area contributed by atoms with Gasteiger partial charge >= 0.3 is 0 Å². The van der Waals surface area contributed by atoms with Crippen molar-refractivity contribution < 1.29 is 4.42 Å². The summed E-state index contributed by atoms with van der Waals surface area (Å²) in [6, 6.07) is 4.81. The van der Waals surface area contributed by atoms with Crippen LogP contribution in [0.3, 0.4) is 0 Å². The molecule has 4 heteroatoms. The monoisotopic (exact) mass is 265 g/mol. The van der Waals surface area contributed by atoms with E-state index in [-0.39, 0.29) is 0 Å². The molecule has 1 unspecified atom stereocenters. The van der Waals surface area contributed by atoms with Crippen LogP contribution in [0.2, 0.25) is 0 Å². The number of hydrogen-bond acceptors (Lipinski definition) is 4. The minimum absolute atomic E-state index is 0.682. The summed E-state index contributed by atoms with van der Waals surface area (Å²) >= 11 is 0. The van der Waals surface area contributed by atoms with E-state index >= 15 is 0 Å². The number of aryl methyl sites for hydroxylation is 1. The number of piperazine rings is 1. The van der Waals surface area contributed by atoms with Crippen molar-refractivity contribution in [1.82, 2.24) is 15.1 Å². The van der Waals surface area contributed by atoms with Crippen LogP contribution in [-0.4, -0.2) is 62.7 Å². The number of nitrogens with zero attached hydrogens (tertiary/aromatic N) is 2. The molecular weight excluding hydrogens is 238 g/mol. The maximum Gasteiger partial charge on any atom is 0.105 e. The third kappa shape index (κ3) is 4.64. The third-order valence-corrected chi connectivity index (χ3v) is 4.02. The summed E-state index contributed by atoms with van der Waals surface area (Å²) in [6.45, 7) is 7.63. The van der Waals surface area contributed by atoms with Crippen molar-refractivity contribution in [3.8, 4) is 0 Å². The number of hydrogen-bond donors (Lipinski definition) is 1. The fourth-order valence-corrected chi connectivity index (χ4v) is 2.59. The first kappa shape index (κ1) is 14.6. The quantitative estimate of drug-likeness (QED) is 0.841. The predicted molar refractivity (Wildman–Crippen MR) is 78.6 cm³/mol. The van der Waals surface area contributed by atoms with Crippen LogP contribution in [0.4, 0.5) is 0 Å². The normalized spacial score (nSPS) is 21.2. The van der Waals surface area contributed by atoms with Crippen molar-refractivity contribution in [3.63, 3.8) is 0 Å². The maximum absolute atomic E-state index is 5.60. The lowest BCUT2D eigenvalue weighted by Gasteiger charge is -2.34. The van der Waals surface area contributed by atoms with Gasteiger partial charge in [-0.15, -0.1) is 0 Å². The van der Waals surface area contributed by atoms with Crippen LogP contribution in [0.25, 0.3) is 0 Å². The smallest absolute Gasteiger partial charge is 0.105 e. The second-order valence-corrected chi connectivity index (χ2v) is 5.69. The van der Waals surface area contributed by atoms with Gasteiger partial charge in [0.1, 0.15) is 11.5 Å². The minimum atomic E-state index is 0.682. The molecule has 1 atom stereocenters. The van der Waals surface area contributed by atoms with Crippen molar-refractivity contribution in [2.75, 3.05) is 46.8 Å². The topological polar surface area (TPSA) is 31.6 Å². The molecule has 2 rings (SSSR count). The van der Waals surface area contributed by atoms with Gasteiger partial charge in [0.05, 0.1) is 0 Å². The highest BCUT2D eigenvalue weighted by atomic mass is 16.3. The van der Waals surface area contributed by atoms with Crippen molar-refractivity contribution in [2.45, 2.75) is 25.8 Å². The van der Waals surface area contributed by atoms with Crippen LogP contribution in [0, 0.1) is 6.92 Å². The Morgan fingerprint density at radius 3 is 2.95 bits per heavy atom. The molecule has 1 aromatic rings. The van der Waals surface area contributed by atoms with Crippen LogP contribution < -0.4 is 5.32 Å². The standard InChI is InChI=1S/C15H27N3O/c1-13-4-5-15(19-13)7-10-17(2)9-6-14-12-16-8-11-18(14)3/h4-5,14,16H,6-12H2,1-3H3. The van der Waals surface area contributed by atoms with Gasteiger partial charge in [0.25, 0.3) is 0 Å². The first-order valence-electron chi connectivity index (χ1n) is 7.30. The Kier molecular flexibility index (Phi) is 5.43. The molecule has 0 aliphatic carbocycles. The highest BCUT2D eigenvalue weighted by Gasteiger charge is 2.18. The molecule has 1 N–H and O–H groups in total. The van der Waals surface area contributed by atoms with E-state index in [4.69, 9.17) is 4.42 Å². The molecule has 0 spiro atoms. The van der Waals surface area contributed by atoms with E-state index in [1.165, 1.54) is 13.0 Å². The Bertz CT molecular complexity index is 377. The second-order valence-electron chi connectivity index (χ2n) is 5.69. The number of rotatable bonds is 6. The summed E-state index contributed by atoms with van der Waals surface area (Å²) in [4.78, 5) is 4.88. The Morgan fingerprint density at radius 2 is 2.26 bits per heavy atom. The van der Waals surface area contributed by atoms with Gasteiger partial charge in [-0.05, 0) is 46.1 Å². The molecule has 0 bridgehead atoms. The highest BCUT2D eigenvalue weighted by Crippen LogP contribution is 2.09. The van der Waals surface area contributed by atoms with Crippen LogP contribution in [0.1, 0.15) is 17.9 Å². The van der Waals surface area contributed by atoms with Crippen LogP contribution in [0.15, 0.2) is 16.5 Å². The third-order valence-electron chi connectivity index (χ3n) is 4.02. The van der Waals surface area contributed by atoms with Crippen molar-refractivity contribution in [3.05, 3.63) is 23.7 Å². The molecule has 1 saturated heterocycles. The minimum Gasteiger partial charge on any atom is -0.466 e. The first-order chi connectivity index (χ1) is 9.15. The molecule has 108 valence electrons. The van der Waals surface area contributed by atoms with E-state index in [1.54, 1.807) is 0 Å². The zero-order valence-electron chi connectivity index (χ0n) is 12.5. The number of furan rings is 1. The van der Waals surface area contributed by atoms with Gasteiger partial charge in [0.15, 0.2) is 0 Å². The molecule has 1 aliphatic heterocycles. The zero-order valence-corrected chi connectivity index (χ0v) is 12.5. The molecule has 0 radical (unpaired) electrons. The Labute approximate surface area is 116 Å². The van der Waals surface area contributed by atoms with Crippen LogP contribution >= 0.6 is 0 Å². The van der Waals surface area contributed by atoms with Crippen molar-refractivity contribution in [2.24, 2.45) is 0 Å². The Morgan fingerprint density at radius 1 is 1.42 bits per heavy atom. The van der Waals surface area contributed by atoms with E-state index < -0.39 is 0 Å². The van der Waals surface area contributed by atoms with Gasteiger partial charge in [-0.2, -0.15) is 0 Å². The lowest BCUT2D eigenvalue weighted by molar-refractivity contribution is 0.173. The van der Waals surface area contributed by atoms with Gasteiger partial charge in [-0.1, -0.05) is 0 Å². The number of likely N-dealkylation sites (N-methyl/N-ethyl adjacent to an activating group) is 2. The van der Waals surface area contributed by atoms with Gasteiger partial charge in [0.2, 0.25) is 0 Å². The molecule has 1 fully saturated rings. The zero-order chi connectivity index (χ0) is 13.7. The predicted octanol–water partition coefficient (Wildman–Crippen LogP) is 1.36. The van der Waals surface area contributed by atoms with Crippen molar-refractivity contribution >= 4 is 0 Å². The molecule has 4 nitrogen and oxygen atoms in total. The molecule has 1 aromatic heterocycles.